The van der Waals surface area contributed by atoms with Gasteiger partial charge in [-0.25, -0.2) is 13.4 Å². The molecule has 0 amide bonds. The molecule has 1 aromatic carbocycles. The highest BCUT2D eigenvalue weighted by Crippen LogP contribution is 2.36. The Morgan fingerprint density at radius 3 is 2.71 bits per heavy atom. The maximum Gasteiger partial charge on any atom is 0.417 e. The van der Waals surface area contributed by atoms with Gasteiger partial charge in [0.1, 0.15) is 24.4 Å². The molecule has 2 aromatic heterocycles. The molecule has 0 radical (unpaired) electrons. The molecule has 0 aliphatic carbocycles. The third kappa shape index (κ3) is 4.74. The number of carbonyl (C=O) groups excluding carboxylic acids is 1. The largest absolute Gasteiger partial charge is 0.440 e. The van der Waals surface area contributed by atoms with Crippen LogP contribution in [0.2, 0.25) is 10.0 Å². The molecule has 0 spiro atoms. The van der Waals surface area contributed by atoms with Gasteiger partial charge in [-0.2, -0.15) is 18.6 Å². The second-order valence-corrected chi connectivity index (χ2v) is 9.50. The molecule has 3 heterocycles. The van der Waals surface area contributed by atoms with E-state index in [9.17, 15) is 26.4 Å². The summed E-state index contributed by atoms with van der Waals surface area (Å²) in [6, 6.07) is 6.28. The number of hydrogen-bond donors (Lipinski definition) is 2. The normalized spacial score (nSPS) is 13.4. The molecular formula is C20H14Cl2F3N4O4S+. The van der Waals surface area contributed by atoms with Crippen LogP contribution >= 0.6 is 23.2 Å². The number of fused-ring (bicyclic) bond motifs is 1. The molecule has 0 saturated heterocycles. The first-order valence-corrected chi connectivity index (χ1v) is 11.7. The number of carbonyl (C=O) groups is 1. The van der Waals surface area contributed by atoms with Crippen LogP contribution in [0, 0.1) is 0 Å². The predicted octanol–water partition coefficient (Wildman–Crippen LogP) is 3.66. The first kappa shape index (κ1) is 24.0. The first-order valence-electron chi connectivity index (χ1n) is 9.48. The van der Waals surface area contributed by atoms with Gasteiger partial charge in [-0.05, 0) is 35.0 Å². The molecule has 14 heteroatoms. The summed E-state index contributed by atoms with van der Waals surface area (Å²) >= 11 is 11.5. The summed E-state index contributed by atoms with van der Waals surface area (Å²) in [5.41, 5.74) is 1.10. The maximum absolute atomic E-state index is 13.3. The second kappa shape index (κ2) is 8.93. The maximum atomic E-state index is 13.3. The van der Waals surface area contributed by atoms with Gasteiger partial charge in [-0.3, -0.25) is 9.52 Å². The summed E-state index contributed by atoms with van der Waals surface area (Å²) in [5.74, 6) is -0.508. The molecule has 0 saturated carbocycles. The number of sulfonamides is 1. The van der Waals surface area contributed by atoms with Crippen LogP contribution in [-0.2, 0) is 16.2 Å². The number of benzene rings is 1. The summed E-state index contributed by atoms with van der Waals surface area (Å²) in [4.78, 5) is 16.5. The van der Waals surface area contributed by atoms with Crippen molar-refractivity contribution >= 4 is 44.7 Å². The Labute approximate surface area is 201 Å². The molecular weight excluding hydrogens is 520 g/mol. The number of rotatable bonds is 5. The van der Waals surface area contributed by atoms with Crippen LogP contribution in [0.3, 0.4) is 0 Å². The van der Waals surface area contributed by atoms with Crippen molar-refractivity contribution in [1.82, 2.24) is 4.98 Å². The fourth-order valence-corrected chi connectivity index (χ4v) is 4.64. The Kier molecular flexibility index (Phi) is 6.32. The summed E-state index contributed by atoms with van der Waals surface area (Å²) in [6.07, 6.45) is -2.11. The number of ketones is 1. The number of aromatic nitrogens is 2. The molecule has 8 nitrogen and oxygen atoms in total. The van der Waals surface area contributed by atoms with E-state index in [0.717, 1.165) is 24.4 Å². The first-order chi connectivity index (χ1) is 16.0. The summed E-state index contributed by atoms with van der Waals surface area (Å²) in [7, 11) is -4.59. The number of halogens is 5. The van der Waals surface area contributed by atoms with Gasteiger partial charge in [-0.1, -0.05) is 23.2 Å². The van der Waals surface area contributed by atoms with Gasteiger partial charge < -0.3 is 4.74 Å². The number of hydrogen-bond acceptors (Lipinski definition) is 6. The Balaban J connectivity index is 1.75. The van der Waals surface area contributed by atoms with Crippen LogP contribution in [0.15, 0.2) is 53.7 Å². The van der Waals surface area contributed by atoms with Crippen molar-refractivity contribution in [3.8, 4) is 5.88 Å². The van der Waals surface area contributed by atoms with Crippen LogP contribution < -0.4 is 19.6 Å². The Morgan fingerprint density at radius 1 is 1.21 bits per heavy atom. The third-order valence-corrected chi connectivity index (χ3v) is 6.58. The van der Waals surface area contributed by atoms with Crippen LogP contribution in [0.5, 0.6) is 5.88 Å². The van der Waals surface area contributed by atoms with E-state index in [-0.39, 0.29) is 34.5 Å². The van der Waals surface area contributed by atoms with Crippen molar-refractivity contribution in [2.75, 3.05) is 23.3 Å². The average Bonchev–Trinajstić information content (AvgIpc) is 2.77. The molecule has 0 bridgehead atoms. The third-order valence-electron chi connectivity index (χ3n) is 4.68. The molecule has 34 heavy (non-hydrogen) atoms. The minimum atomic E-state index is -4.88. The average molecular weight is 534 g/mol. The Bertz CT molecular complexity index is 1400. The minimum Gasteiger partial charge on any atom is -0.440 e. The lowest BCUT2D eigenvalue weighted by molar-refractivity contribution is -0.663. The number of ether oxygens (including phenoxy) is 1. The van der Waals surface area contributed by atoms with Crippen molar-refractivity contribution in [2.45, 2.75) is 11.1 Å². The van der Waals surface area contributed by atoms with Gasteiger partial charge in [0.2, 0.25) is 12.0 Å². The van der Waals surface area contributed by atoms with Gasteiger partial charge in [0.15, 0.2) is 0 Å². The van der Waals surface area contributed by atoms with Gasteiger partial charge in [0.25, 0.3) is 10.0 Å². The topological polar surface area (TPSA) is 101 Å². The zero-order chi connectivity index (χ0) is 24.7. The highest BCUT2D eigenvalue weighted by Gasteiger charge is 2.35. The SMILES string of the molecule is O=C(c1ccc[n+]2c1OCCN2)c1ncc(Cl)cc1NS(=O)(=O)c1ccc(Cl)c(C(F)(F)F)c1. The minimum absolute atomic E-state index is 0.0104. The molecule has 1 aliphatic rings. The Morgan fingerprint density at radius 2 is 1.97 bits per heavy atom. The molecule has 0 atom stereocenters. The molecule has 1 aliphatic heterocycles. The van der Waals surface area contributed by atoms with E-state index in [4.69, 9.17) is 27.9 Å². The van der Waals surface area contributed by atoms with E-state index < -0.39 is 37.5 Å². The number of pyridine rings is 2. The van der Waals surface area contributed by atoms with E-state index in [0.29, 0.717) is 12.6 Å². The number of alkyl halides is 3. The molecule has 3 aromatic rings. The van der Waals surface area contributed by atoms with Crippen LogP contribution in [0.4, 0.5) is 18.9 Å². The quantitative estimate of drug-likeness (QED) is 0.383. The molecule has 4 rings (SSSR count). The zero-order valence-corrected chi connectivity index (χ0v) is 19.2. The lowest BCUT2D eigenvalue weighted by Gasteiger charge is -2.16. The van der Waals surface area contributed by atoms with Crippen LogP contribution in [0.1, 0.15) is 21.6 Å². The van der Waals surface area contributed by atoms with Gasteiger partial charge in [0, 0.05) is 12.3 Å². The molecule has 0 unspecified atom stereocenters. The van der Waals surface area contributed by atoms with E-state index in [1.165, 1.54) is 10.7 Å². The zero-order valence-electron chi connectivity index (χ0n) is 16.9. The van der Waals surface area contributed by atoms with E-state index in [2.05, 4.69) is 15.1 Å². The summed E-state index contributed by atoms with van der Waals surface area (Å²) in [6.45, 7) is 0.788. The van der Waals surface area contributed by atoms with E-state index in [1.54, 1.807) is 12.3 Å². The van der Waals surface area contributed by atoms with Gasteiger partial charge >= 0.3 is 12.1 Å². The summed E-state index contributed by atoms with van der Waals surface area (Å²) in [5, 5.41) is -0.671. The second-order valence-electron chi connectivity index (χ2n) is 6.98. The smallest absolute Gasteiger partial charge is 0.417 e. The highest BCUT2D eigenvalue weighted by atomic mass is 35.5. The van der Waals surface area contributed by atoms with Crippen LogP contribution in [-0.4, -0.2) is 32.3 Å². The number of anilines is 1. The van der Waals surface area contributed by atoms with Crippen molar-refractivity contribution in [2.24, 2.45) is 0 Å². The lowest BCUT2D eigenvalue weighted by Crippen LogP contribution is -2.52. The van der Waals surface area contributed by atoms with Crippen molar-refractivity contribution < 1.29 is 35.8 Å². The van der Waals surface area contributed by atoms with E-state index >= 15 is 0 Å². The standard InChI is InChI=1S/C20H13Cl2F3N4O4S/c21-11-8-16(28-34(31,32)12-3-4-15(22)14(9-12)20(23,24)25)17(26-10-11)18(30)13-2-1-6-29-19(13)33-7-5-27-29/h1-4,6,8-10,27H,5,7H2/p+1. The fourth-order valence-electron chi connectivity index (χ4n) is 3.17. The van der Waals surface area contributed by atoms with E-state index in [1.807, 2.05) is 0 Å². The molecule has 2 N–H and O–H groups in total. The molecule has 178 valence electrons. The van der Waals surface area contributed by atoms with Crippen molar-refractivity contribution in [3.05, 3.63) is 75.7 Å². The van der Waals surface area contributed by atoms with Gasteiger partial charge in [0.05, 0.1) is 26.2 Å². The monoisotopic (exact) mass is 533 g/mol. The predicted molar refractivity (Wildman–Crippen MR) is 116 cm³/mol. The van der Waals surface area contributed by atoms with Crippen molar-refractivity contribution in [1.29, 1.82) is 0 Å². The number of nitrogens with zero attached hydrogens (tertiary/aromatic N) is 2. The highest BCUT2D eigenvalue weighted by molar-refractivity contribution is 7.92. The fraction of sp³-hybridized carbons (Fsp3) is 0.150. The summed E-state index contributed by atoms with van der Waals surface area (Å²) < 4.78 is 74.6. The number of nitrogens with one attached hydrogen (secondary N) is 2. The molecule has 0 fully saturated rings. The van der Waals surface area contributed by atoms with Crippen LogP contribution in [0.25, 0.3) is 0 Å². The van der Waals surface area contributed by atoms with Crippen molar-refractivity contribution in [3.63, 3.8) is 0 Å². The Hall–Kier alpha value is -3.09. The lowest BCUT2D eigenvalue weighted by atomic mass is 10.1. The van der Waals surface area contributed by atoms with Gasteiger partial charge in [-0.15, -0.1) is 0 Å².